The van der Waals surface area contributed by atoms with Crippen LogP contribution in [0.2, 0.25) is 0 Å². The molecule has 0 aliphatic heterocycles. The second-order valence-corrected chi connectivity index (χ2v) is 5.80. The summed E-state index contributed by atoms with van der Waals surface area (Å²) in [6.45, 7) is 6.85. The quantitative estimate of drug-likeness (QED) is 0.657. The van der Waals surface area contributed by atoms with Gasteiger partial charge in [0.1, 0.15) is 11.5 Å². The second kappa shape index (κ2) is 10.9. The molecule has 130 valence electrons. The van der Waals surface area contributed by atoms with Crippen LogP contribution in [-0.4, -0.2) is 36.9 Å². The molecule has 1 rings (SSSR count). The van der Waals surface area contributed by atoms with Crippen LogP contribution in [0.4, 0.5) is 0 Å². The number of aliphatic hydroxyl groups excluding tert-OH is 1. The molecule has 0 saturated heterocycles. The fraction of sp³-hybridized carbons (Fsp3) is 0.611. The van der Waals surface area contributed by atoms with Crippen molar-refractivity contribution in [3.05, 3.63) is 24.3 Å². The highest BCUT2D eigenvalue weighted by atomic mass is 16.5. The number of carbonyl (C=O) groups excluding carboxylic acids is 1. The molecule has 5 nitrogen and oxygen atoms in total. The first kappa shape index (κ1) is 19.3. The van der Waals surface area contributed by atoms with Crippen molar-refractivity contribution >= 4 is 5.91 Å². The van der Waals surface area contributed by atoms with E-state index in [1.54, 1.807) is 12.1 Å². The summed E-state index contributed by atoms with van der Waals surface area (Å²) >= 11 is 0. The van der Waals surface area contributed by atoms with Gasteiger partial charge in [0.2, 0.25) is 0 Å². The molecule has 0 heterocycles. The lowest BCUT2D eigenvalue weighted by molar-refractivity contribution is -0.124. The van der Waals surface area contributed by atoms with Crippen LogP contribution in [0.5, 0.6) is 11.5 Å². The predicted molar refractivity (Wildman–Crippen MR) is 90.8 cm³/mol. The van der Waals surface area contributed by atoms with Gasteiger partial charge in [-0.3, -0.25) is 4.79 Å². The van der Waals surface area contributed by atoms with E-state index in [2.05, 4.69) is 12.2 Å². The van der Waals surface area contributed by atoms with Gasteiger partial charge >= 0.3 is 0 Å². The summed E-state index contributed by atoms with van der Waals surface area (Å²) in [5.74, 6) is 1.47. The van der Waals surface area contributed by atoms with Crippen LogP contribution in [-0.2, 0) is 4.79 Å². The van der Waals surface area contributed by atoms with Crippen molar-refractivity contribution in [1.29, 1.82) is 0 Å². The average molecular weight is 323 g/mol. The smallest absolute Gasteiger partial charge is 0.258 e. The van der Waals surface area contributed by atoms with Crippen molar-refractivity contribution in [1.82, 2.24) is 5.32 Å². The highest BCUT2D eigenvalue weighted by molar-refractivity contribution is 5.77. The molecule has 0 aliphatic carbocycles. The molecular formula is C18H29NO4. The lowest BCUT2D eigenvalue weighted by Crippen LogP contribution is -2.38. The first-order chi connectivity index (χ1) is 11.1. The van der Waals surface area contributed by atoms with Crippen molar-refractivity contribution in [2.45, 2.75) is 46.1 Å². The van der Waals surface area contributed by atoms with Crippen molar-refractivity contribution < 1.29 is 19.4 Å². The summed E-state index contributed by atoms with van der Waals surface area (Å²) in [7, 11) is 0. The van der Waals surface area contributed by atoms with Gasteiger partial charge in [0.05, 0.1) is 6.61 Å². The number of benzene rings is 1. The number of hydrogen-bond donors (Lipinski definition) is 2. The number of carbonyl (C=O) groups is 1. The Bertz CT molecular complexity index is 447. The van der Waals surface area contributed by atoms with Gasteiger partial charge in [0, 0.05) is 12.6 Å². The topological polar surface area (TPSA) is 67.8 Å². The Kier molecular flexibility index (Phi) is 9.14. The number of ether oxygens (including phenoxy) is 2. The molecule has 0 aliphatic rings. The van der Waals surface area contributed by atoms with Crippen molar-refractivity contribution in [3.8, 4) is 11.5 Å². The van der Waals surface area contributed by atoms with Gasteiger partial charge in [-0.05, 0) is 49.4 Å². The molecule has 23 heavy (non-hydrogen) atoms. The van der Waals surface area contributed by atoms with Crippen LogP contribution in [0.3, 0.4) is 0 Å². The molecule has 0 aromatic heterocycles. The fourth-order valence-corrected chi connectivity index (χ4v) is 2.16. The molecule has 0 unspecified atom stereocenters. The third kappa shape index (κ3) is 7.88. The molecule has 0 radical (unpaired) electrons. The summed E-state index contributed by atoms with van der Waals surface area (Å²) < 4.78 is 11.0. The number of hydrogen-bond acceptors (Lipinski definition) is 4. The maximum atomic E-state index is 11.9. The maximum absolute atomic E-state index is 11.9. The third-order valence-corrected chi connectivity index (χ3v) is 3.52. The Morgan fingerprint density at radius 2 is 1.78 bits per heavy atom. The monoisotopic (exact) mass is 323 g/mol. The minimum atomic E-state index is -0.145. The summed E-state index contributed by atoms with van der Waals surface area (Å²) in [5.41, 5.74) is 0. The van der Waals surface area contributed by atoms with Crippen LogP contribution in [0.15, 0.2) is 24.3 Å². The number of nitrogens with one attached hydrogen (secondary N) is 1. The van der Waals surface area contributed by atoms with Gasteiger partial charge in [-0.2, -0.15) is 0 Å². The highest BCUT2D eigenvalue weighted by Crippen LogP contribution is 2.17. The van der Waals surface area contributed by atoms with E-state index in [-0.39, 0.29) is 31.1 Å². The molecule has 2 N–H and O–H groups in total. The van der Waals surface area contributed by atoms with E-state index >= 15 is 0 Å². The first-order valence-corrected chi connectivity index (χ1v) is 8.34. The van der Waals surface area contributed by atoms with Crippen LogP contribution >= 0.6 is 0 Å². The predicted octanol–water partition coefficient (Wildman–Crippen LogP) is 2.77. The van der Waals surface area contributed by atoms with Gasteiger partial charge in [-0.15, -0.1) is 0 Å². The third-order valence-electron chi connectivity index (χ3n) is 3.52. The molecule has 5 heteroatoms. The zero-order valence-corrected chi connectivity index (χ0v) is 14.4. The van der Waals surface area contributed by atoms with E-state index in [0.717, 1.165) is 25.0 Å². The molecule has 0 saturated carbocycles. The summed E-state index contributed by atoms with van der Waals surface area (Å²) in [6, 6.07) is 7.33. The summed E-state index contributed by atoms with van der Waals surface area (Å²) in [6.07, 6.45) is 2.56. The van der Waals surface area contributed by atoms with Crippen LogP contribution < -0.4 is 14.8 Å². The molecule has 0 fully saturated rings. The zero-order valence-electron chi connectivity index (χ0n) is 14.4. The zero-order chi connectivity index (χ0) is 17.1. The Hall–Kier alpha value is -1.75. The lowest BCUT2D eigenvalue weighted by Gasteiger charge is -2.20. The number of rotatable bonds is 11. The molecular weight excluding hydrogens is 294 g/mol. The van der Waals surface area contributed by atoms with Gasteiger partial charge < -0.3 is 19.9 Å². The highest BCUT2D eigenvalue weighted by Gasteiger charge is 2.14. The maximum Gasteiger partial charge on any atom is 0.258 e. The normalized spacial score (nSPS) is 13.2. The van der Waals surface area contributed by atoms with Crippen molar-refractivity contribution in [2.75, 3.05) is 19.8 Å². The van der Waals surface area contributed by atoms with Gasteiger partial charge in [-0.1, -0.05) is 20.8 Å². The Balaban J connectivity index is 2.37. The SMILES string of the molecule is CCCOc1ccc(OCC(=O)N[C@@H](CC)C[C@@H](C)CO)cc1. The van der Waals surface area contributed by atoms with E-state index < -0.39 is 0 Å². The Labute approximate surface area is 139 Å². The molecule has 0 spiro atoms. The standard InChI is InChI=1S/C18H29NO4/c1-4-10-22-16-6-8-17(9-7-16)23-13-18(21)19-15(5-2)11-14(3)12-20/h6-9,14-15,20H,4-5,10-13H2,1-3H3,(H,19,21)/t14-,15+/m1/s1. The second-order valence-electron chi connectivity index (χ2n) is 5.80. The number of amides is 1. The van der Waals surface area contributed by atoms with Crippen molar-refractivity contribution in [2.24, 2.45) is 5.92 Å². The first-order valence-electron chi connectivity index (χ1n) is 8.34. The van der Waals surface area contributed by atoms with Gasteiger partial charge in [-0.25, -0.2) is 0 Å². The van der Waals surface area contributed by atoms with E-state index in [0.29, 0.717) is 12.4 Å². The van der Waals surface area contributed by atoms with Gasteiger partial charge in [0.25, 0.3) is 5.91 Å². The molecule has 0 bridgehead atoms. The van der Waals surface area contributed by atoms with Gasteiger partial charge in [0.15, 0.2) is 6.61 Å². The minimum Gasteiger partial charge on any atom is -0.494 e. The molecule has 1 amide bonds. The average Bonchev–Trinajstić information content (AvgIpc) is 2.58. The Morgan fingerprint density at radius 3 is 2.30 bits per heavy atom. The Morgan fingerprint density at radius 1 is 1.17 bits per heavy atom. The minimum absolute atomic E-state index is 0.0147. The van der Waals surface area contributed by atoms with Crippen molar-refractivity contribution in [3.63, 3.8) is 0 Å². The molecule has 1 aromatic carbocycles. The van der Waals surface area contributed by atoms with Crippen LogP contribution in [0.1, 0.15) is 40.0 Å². The van der Waals surface area contributed by atoms with E-state index in [1.165, 1.54) is 0 Å². The fourth-order valence-electron chi connectivity index (χ4n) is 2.16. The lowest BCUT2D eigenvalue weighted by atomic mass is 10.0. The van der Waals surface area contributed by atoms with Crippen LogP contribution in [0.25, 0.3) is 0 Å². The summed E-state index contributed by atoms with van der Waals surface area (Å²) in [5, 5.41) is 12.0. The summed E-state index contributed by atoms with van der Waals surface area (Å²) in [4.78, 5) is 11.9. The van der Waals surface area contributed by atoms with E-state index in [4.69, 9.17) is 14.6 Å². The largest absolute Gasteiger partial charge is 0.494 e. The number of aliphatic hydroxyl groups is 1. The van der Waals surface area contributed by atoms with Crippen LogP contribution in [0, 0.1) is 5.92 Å². The molecule has 2 atom stereocenters. The van der Waals surface area contributed by atoms with E-state index in [9.17, 15) is 4.79 Å². The van der Waals surface area contributed by atoms with E-state index in [1.807, 2.05) is 26.0 Å². The molecule has 1 aromatic rings.